The van der Waals surface area contributed by atoms with Gasteiger partial charge in [0.2, 0.25) is 0 Å². The average molecular weight is 792 g/mol. The van der Waals surface area contributed by atoms with Gasteiger partial charge in [0.1, 0.15) is 11.5 Å². The van der Waals surface area contributed by atoms with Gasteiger partial charge in [-0.1, -0.05) is 200 Å². The average Bonchev–Trinajstić information content (AvgIpc) is 3.65. The van der Waals surface area contributed by atoms with E-state index < -0.39 is 5.41 Å². The molecule has 62 heavy (non-hydrogen) atoms. The molecule has 0 fully saturated rings. The first-order valence-electron chi connectivity index (χ1n) is 21.0. The molecule has 2 aliphatic rings. The number of nitrogens with zero attached hydrogens (tertiary/aromatic N) is 3. The molecular formula is C58H37N3O. The zero-order valence-corrected chi connectivity index (χ0v) is 33.6. The number of fused-ring (bicyclic) bond motifs is 9. The number of rotatable bonds is 6. The second-order valence-corrected chi connectivity index (χ2v) is 15.9. The van der Waals surface area contributed by atoms with Gasteiger partial charge in [-0.15, -0.1) is 0 Å². The van der Waals surface area contributed by atoms with Crippen molar-refractivity contribution in [3.8, 4) is 90.2 Å². The van der Waals surface area contributed by atoms with Gasteiger partial charge in [-0.25, -0.2) is 15.0 Å². The summed E-state index contributed by atoms with van der Waals surface area (Å²) in [5.74, 6) is 3.55. The SMILES string of the molecule is c1ccc(-c2ccc(-c3ccc4c(c3)-c3c(-c5nc(-c6ccccc6)nc(-c6cccc(-c7ccccc7)c6)n5)cccc3C43c4ccccc4Oc4ccccc43)cc2)cc1. The lowest BCUT2D eigenvalue weighted by atomic mass is 9.66. The molecule has 0 N–H and O–H groups in total. The monoisotopic (exact) mass is 791 g/mol. The Kier molecular flexibility index (Phi) is 8.36. The minimum absolute atomic E-state index is 0.616. The number of hydrogen-bond donors (Lipinski definition) is 0. The molecule has 0 saturated carbocycles. The van der Waals surface area contributed by atoms with E-state index in [1.165, 1.54) is 22.3 Å². The highest BCUT2D eigenvalue weighted by Crippen LogP contribution is 2.63. The van der Waals surface area contributed by atoms with Gasteiger partial charge in [-0.3, -0.25) is 0 Å². The Morgan fingerprint density at radius 1 is 0.274 bits per heavy atom. The highest BCUT2D eigenvalue weighted by atomic mass is 16.5. The van der Waals surface area contributed by atoms with Crippen molar-refractivity contribution in [3.63, 3.8) is 0 Å². The minimum Gasteiger partial charge on any atom is -0.457 e. The van der Waals surface area contributed by atoms with Gasteiger partial charge in [0.15, 0.2) is 17.5 Å². The summed E-state index contributed by atoms with van der Waals surface area (Å²) in [6, 6.07) is 79.1. The second kappa shape index (κ2) is 14.5. The van der Waals surface area contributed by atoms with Crippen LogP contribution in [0.1, 0.15) is 22.3 Å². The predicted molar refractivity (Wildman–Crippen MR) is 250 cm³/mol. The third-order valence-corrected chi connectivity index (χ3v) is 12.4. The summed E-state index contributed by atoms with van der Waals surface area (Å²) in [7, 11) is 0. The molecule has 1 aliphatic carbocycles. The standard InChI is InChI=1S/C58H37N3O/c1-4-16-38(17-5-1)40-30-32-41(33-31-40)44-34-35-48-47(37-44)54-46(24-15-27-51(54)58(48)49-25-10-12-28-52(49)62-53-29-13-11-26-50(53)58)57-60-55(42-20-8-3-9-21-42)59-56(61-57)45-23-14-22-43(36-45)39-18-6-2-7-19-39/h1-37H. The van der Waals surface area contributed by atoms with E-state index in [0.29, 0.717) is 17.5 Å². The largest absolute Gasteiger partial charge is 0.457 e. The van der Waals surface area contributed by atoms with E-state index in [1.807, 2.05) is 24.3 Å². The third kappa shape index (κ3) is 5.72. The summed E-state index contributed by atoms with van der Waals surface area (Å²) in [6.07, 6.45) is 0. The van der Waals surface area contributed by atoms with E-state index in [4.69, 9.17) is 19.7 Å². The number of ether oxygens (including phenoxy) is 1. The molecule has 10 aromatic rings. The van der Waals surface area contributed by atoms with Crippen molar-refractivity contribution < 1.29 is 4.74 Å². The zero-order valence-electron chi connectivity index (χ0n) is 33.6. The molecule has 0 atom stereocenters. The molecule has 9 aromatic carbocycles. The molecule has 4 nitrogen and oxygen atoms in total. The number of benzene rings is 9. The third-order valence-electron chi connectivity index (χ3n) is 12.4. The van der Waals surface area contributed by atoms with Crippen LogP contribution in [0.5, 0.6) is 11.5 Å². The Balaban J connectivity index is 1.11. The van der Waals surface area contributed by atoms with Crippen LogP contribution in [0, 0.1) is 0 Å². The van der Waals surface area contributed by atoms with Crippen LogP contribution in [-0.2, 0) is 5.41 Å². The fraction of sp³-hybridized carbons (Fsp3) is 0.0172. The van der Waals surface area contributed by atoms with E-state index in [1.54, 1.807) is 0 Å². The Bertz CT molecular complexity index is 3260. The quantitative estimate of drug-likeness (QED) is 0.168. The summed E-state index contributed by atoms with van der Waals surface area (Å²) >= 11 is 0. The normalized spacial score (nSPS) is 12.8. The second-order valence-electron chi connectivity index (χ2n) is 15.9. The van der Waals surface area contributed by atoms with Crippen molar-refractivity contribution in [3.05, 3.63) is 247 Å². The summed E-state index contributed by atoms with van der Waals surface area (Å²) in [4.78, 5) is 15.9. The van der Waals surface area contributed by atoms with E-state index in [-0.39, 0.29) is 0 Å². The molecule has 2 heterocycles. The van der Waals surface area contributed by atoms with Gasteiger partial charge in [-0.05, 0) is 79.9 Å². The molecule has 1 spiro atoms. The topological polar surface area (TPSA) is 47.9 Å². The van der Waals surface area contributed by atoms with Gasteiger partial charge < -0.3 is 4.74 Å². The van der Waals surface area contributed by atoms with Gasteiger partial charge in [-0.2, -0.15) is 0 Å². The summed E-state index contributed by atoms with van der Waals surface area (Å²) in [5, 5.41) is 0. The zero-order chi connectivity index (χ0) is 41.0. The van der Waals surface area contributed by atoms with Gasteiger partial charge in [0, 0.05) is 27.8 Å². The van der Waals surface area contributed by atoms with E-state index in [0.717, 1.165) is 72.7 Å². The Labute approximate surface area is 360 Å². The maximum atomic E-state index is 6.69. The number of para-hydroxylation sites is 2. The Hall–Kier alpha value is -8.21. The molecule has 12 rings (SSSR count). The Morgan fingerprint density at radius 2 is 0.710 bits per heavy atom. The van der Waals surface area contributed by atoms with Crippen LogP contribution < -0.4 is 4.74 Å². The van der Waals surface area contributed by atoms with E-state index in [2.05, 4.69) is 200 Å². The highest BCUT2D eigenvalue weighted by molar-refractivity contribution is 5.97. The van der Waals surface area contributed by atoms with Gasteiger partial charge in [0.05, 0.1) is 5.41 Å². The van der Waals surface area contributed by atoms with Crippen LogP contribution in [0.3, 0.4) is 0 Å². The summed E-state index contributed by atoms with van der Waals surface area (Å²) < 4.78 is 6.69. The van der Waals surface area contributed by atoms with Gasteiger partial charge >= 0.3 is 0 Å². The molecule has 0 radical (unpaired) electrons. The predicted octanol–water partition coefficient (Wildman–Crippen LogP) is 14.3. The van der Waals surface area contributed by atoms with Crippen molar-refractivity contribution in [1.29, 1.82) is 0 Å². The van der Waals surface area contributed by atoms with Crippen molar-refractivity contribution >= 4 is 0 Å². The lowest BCUT2D eigenvalue weighted by Gasteiger charge is -2.39. The highest BCUT2D eigenvalue weighted by Gasteiger charge is 2.51. The van der Waals surface area contributed by atoms with E-state index >= 15 is 0 Å². The molecule has 4 heteroatoms. The molecule has 0 bridgehead atoms. The van der Waals surface area contributed by atoms with Crippen LogP contribution in [0.4, 0.5) is 0 Å². The Morgan fingerprint density at radius 3 is 1.37 bits per heavy atom. The van der Waals surface area contributed by atoms with Crippen LogP contribution in [0.2, 0.25) is 0 Å². The van der Waals surface area contributed by atoms with E-state index in [9.17, 15) is 0 Å². The molecule has 1 aliphatic heterocycles. The van der Waals surface area contributed by atoms with Crippen LogP contribution in [-0.4, -0.2) is 15.0 Å². The van der Waals surface area contributed by atoms with Crippen LogP contribution >= 0.6 is 0 Å². The van der Waals surface area contributed by atoms with Crippen molar-refractivity contribution in [2.45, 2.75) is 5.41 Å². The maximum absolute atomic E-state index is 6.69. The maximum Gasteiger partial charge on any atom is 0.164 e. The molecule has 0 unspecified atom stereocenters. The van der Waals surface area contributed by atoms with Crippen molar-refractivity contribution in [1.82, 2.24) is 15.0 Å². The molecular weight excluding hydrogens is 755 g/mol. The molecule has 1 aromatic heterocycles. The fourth-order valence-corrected chi connectivity index (χ4v) is 9.61. The van der Waals surface area contributed by atoms with Gasteiger partial charge in [0.25, 0.3) is 0 Å². The van der Waals surface area contributed by atoms with Crippen LogP contribution in [0.25, 0.3) is 78.7 Å². The lowest BCUT2D eigenvalue weighted by molar-refractivity contribution is 0.436. The summed E-state index contributed by atoms with van der Waals surface area (Å²) in [5.41, 5.74) is 15.8. The molecule has 290 valence electrons. The minimum atomic E-state index is -0.663. The van der Waals surface area contributed by atoms with Crippen molar-refractivity contribution in [2.24, 2.45) is 0 Å². The first-order chi connectivity index (χ1) is 30.7. The summed E-state index contributed by atoms with van der Waals surface area (Å²) in [6.45, 7) is 0. The molecule has 0 amide bonds. The first kappa shape index (κ1) is 35.7. The molecule has 0 saturated heterocycles. The number of hydrogen-bond acceptors (Lipinski definition) is 4. The number of aromatic nitrogens is 3. The van der Waals surface area contributed by atoms with Crippen molar-refractivity contribution in [2.75, 3.05) is 0 Å². The smallest absolute Gasteiger partial charge is 0.164 e. The lowest BCUT2D eigenvalue weighted by Crippen LogP contribution is -2.32. The van der Waals surface area contributed by atoms with Crippen LogP contribution in [0.15, 0.2) is 224 Å². The fourth-order valence-electron chi connectivity index (χ4n) is 9.61. The first-order valence-corrected chi connectivity index (χ1v) is 21.0.